The van der Waals surface area contributed by atoms with Gasteiger partial charge in [0.2, 0.25) is 11.8 Å². The van der Waals surface area contributed by atoms with Gasteiger partial charge in [-0.3, -0.25) is 13.9 Å². The number of aryl methyl sites for hydroxylation is 2. The molecule has 0 aliphatic rings. The van der Waals surface area contributed by atoms with Gasteiger partial charge in [0.05, 0.1) is 10.6 Å². The molecule has 2 amide bonds. The molecule has 0 unspecified atom stereocenters. The maximum atomic E-state index is 14.3. The van der Waals surface area contributed by atoms with Crippen molar-refractivity contribution >= 4 is 27.5 Å². The highest BCUT2D eigenvalue weighted by molar-refractivity contribution is 7.92. The molecule has 0 heterocycles. The fourth-order valence-electron chi connectivity index (χ4n) is 4.69. The second kappa shape index (κ2) is 13.3. The zero-order valence-corrected chi connectivity index (χ0v) is 24.3. The Kier molecular flexibility index (Phi) is 9.57. The summed E-state index contributed by atoms with van der Waals surface area (Å²) in [5, 5.41) is 2.70. The number of carbonyl (C=O) groups is 2. The Morgan fingerprint density at radius 2 is 1.34 bits per heavy atom. The first-order valence-electron chi connectivity index (χ1n) is 13.4. The summed E-state index contributed by atoms with van der Waals surface area (Å²) in [6, 6.07) is 31.4. The van der Waals surface area contributed by atoms with Gasteiger partial charge >= 0.3 is 0 Å². The molecular formula is C33H35N3O4S. The minimum Gasteiger partial charge on any atom is -0.357 e. The predicted octanol–water partition coefficient (Wildman–Crippen LogP) is 4.88. The van der Waals surface area contributed by atoms with Crippen LogP contribution in [0.4, 0.5) is 5.69 Å². The molecule has 0 saturated carbocycles. The summed E-state index contributed by atoms with van der Waals surface area (Å²) in [5.41, 5.74) is 3.89. The van der Waals surface area contributed by atoms with Crippen LogP contribution in [0.5, 0.6) is 0 Å². The van der Waals surface area contributed by atoms with Gasteiger partial charge in [0.25, 0.3) is 10.0 Å². The molecule has 212 valence electrons. The van der Waals surface area contributed by atoms with Gasteiger partial charge < -0.3 is 10.2 Å². The zero-order valence-electron chi connectivity index (χ0n) is 23.5. The summed E-state index contributed by atoms with van der Waals surface area (Å²) in [6.45, 7) is 3.44. The summed E-state index contributed by atoms with van der Waals surface area (Å²) >= 11 is 0. The van der Waals surface area contributed by atoms with E-state index in [2.05, 4.69) is 5.32 Å². The molecule has 1 atom stereocenters. The van der Waals surface area contributed by atoms with Crippen LogP contribution in [0.25, 0.3) is 0 Å². The van der Waals surface area contributed by atoms with Crippen LogP contribution in [0, 0.1) is 13.8 Å². The first-order valence-corrected chi connectivity index (χ1v) is 14.9. The molecule has 0 radical (unpaired) electrons. The van der Waals surface area contributed by atoms with Crippen LogP contribution in [-0.2, 0) is 32.6 Å². The normalized spacial score (nSPS) is 11.9. The number of carbonyl (C=O) groups excluding carboxylic acids is 2. The van der Waals surface area contributed by atoms with Crippen molar-refractivity contribution < 1.29 is 18.0 Å². The van der Waals surface area contributed by atoms with Gasteiger partial charge in [0.1, 0.15) is 12.6 Å². The van der Waals surface area contributed by atoms with Crippen LogP contribution in [-0.4, -0.2) is 44.8 Å². The molecule has 0 aliphatic carbocycles. The lowest BCUT2D eigenvalue weighted by Gasteiger charge is -2.34. The van der Waals surface area contributed by atoms with E-state index in [0.717, 1.165) is 21.0 Å². The maximum absolute atomic E-state index is 14.3. The largest absolute Gasteiger partial charge is 0.357 e. The van der Waals surface area contributed by atoms with Crippen molar-refractivity contribution in [2.75, 3.05) is 17.9 Å². The fourth-order valence-corrected chi connectivity index (χ4v) is 6.19. The van der Waals surface area contributed by atoms with Crippen LogP contribution in [0.1, 0.15) is 22.3 Å². The van der Waals surface area contributed by atoms with E-state index in [4.69, 9.17) is 0 Å². The fraction of sp³-hybridized carbons (Fsp3) is 0.212. The third kappa shape index (κ3) is 7.21. The summed E-state index contributed by atoms with van der Waals surface area (Å²) in [4.78, 5) is 29.1. The maximum Gasteiger partial charge on any atom is 0.264 e. The quantitative estimate of drug-likeness (QED) is 0.279. The van der Waals surface area contributed by atoms with E-state index >= 15 is 0 Å². The van der Waals surface area contributed by atoms with E-state index in [9.17, 15) is 18.0 Å². The zero-order chi connectivity index (χ0) is 29.4. The molecule has 4 aromatic carbocycles. The molecule has 4 rings (SSSR count). The van der Waals surface area contributed by atoms with E-state index < -0.39 is 28.5 Å². The molecule has 0 aliphatic heterocycles. The van der Waals surface area contributed by atoms with Crippen molar-refractivity contribution in [1.29, 1.82) is 0 Å². The number of likely N-dealkylation sites (N-methyl/N-ethyl adjacent to an activating group) is 1. The average molecular weight is 570 g/mol. The molecule has 4 aromatic rings. The third-order valence-electron chi connectivity index (χ3n) is 6.99. The summed E-state index contributed by atoms with van der Waals surface area (Å²) in [7, 11) is -2.57. The summed E-state index contributed by atoms with van der Waals surface area (Å²) < 4.78 is 29.1. The van der Waals surface area contributed by atoms with Crippen molar-refractivity contribution in [2.45, 2.75) is 37.8 Å². The standard InChI is InChI=1S/C33H35N3O4S/c1-25-18-20-28(21-19-25)23-35(31(33(38)34-3)22-27-13-6-4-7-14-27)32(37)24-36(30-17-11-10-12-26(30)2)41(39,40)29-15-8-5-9-16-29/h4-21,31H,22-24H2,1-3H3,(H,34,38)/t31-/m1/s1. The molecule has 0 saturated heterocycles. The minimum atomic E-state index is -4.11. The van der Waals surface area contributed by atoms with Gasteiger partial charge in [-0.05, 0) is 48.7 Å². The van der Waals surface area contributed by atoms with Gasteiger partial charge in [-0.15, -0.1) is 0 Å². The SMILES string of the molecule is CNC(=O)[C@@H](Cc1ccccc1)N(Cc1ccc(C)cc1)C(=O)CN(c1ccccc1C)S(=O)(=O)c1ccccc1. The van der Waals surface area contributed by atoms with Gasteiger partial charge in [0.15, 0.2) is 0 Å². The number of rotatable bonds is 11. The predicted molar refractivity (Wildman–Crippen MR) is 162 cm³/mol. The van der Waals surface area contributed by atoms with E-state index in [0.29, 0.717) is 11.3 Å². The van der Waals surface area contributed by atoms with Crippen molar-refractivity contribution in [3.63, 3.8) is 0 Å². The van der Waals surface area contributed by atoms with E-state index in [-0.39, 0.29) is 23.8 Å². The van der Waals surface area contributed by atoms with Gasteiger partial charge in [-0.25, -0.2) is 8.42 Å². The number of para-hydroxylation sites is 1. The number of nitrogens with zero attached hydrogens (tertiary/aromatic N) is 2. The van der Waals surface area contributed by atoms with Crippen molar-refractivity contribution in [3.8, 4) is 0 Å². The Hall–Kier alpha value is -4.43. The number of benzene rings is 4. The molecule has 7 nitrogen and oxygen atoms in total. The van der Waals surface area contributed by atoms with Crippen LogP contribution < -0.4 is 9.62 Å². The highest BCUT2D eigenvalue weighted by Crippen LogP contribution is 2.27. The third-order valence-corrected chi connectivity index (χ3v) is 8.76. The van der Waals surface area contributed by atoms with Crippen molar-refractivity contribution in [2.24, 2.45) is 0 Å². The second-order valence-corrected chi connectivity index (χ2v) is 11.8. The number of sulfonamides is 1. The van der Waals surface area contributed by atoms with Crippen LogP contribution in [0.15, 0.2) is 114 Å². The molecule has 41 heavy (non-hydrogen) atoms. The number of hydrogen-bond donors (Lipinski definition) is 1. The highest BCUT2D eigenvalue weighted by atomic mass is 32.2. The lowest BCUT2D eigenvalue weighted by atomic mass is 10.0. The Bertz CT molecular complexity index is 1570. The second-order valence-electron chi connectivity index (χ2n) is 9.94. The molecule has 8 heteroatoms. The Morgan fingerprint density at radius 1 is 0.756 bits per heavy atom. The van der Waals surface area contributed by atoms with Crippen molar-refractivity contribution in [3.05, 3.63) is 131 Å². The Balaban J connectivity index is 1.78. The molecule has 0 fully saturated rings. The lowest BCUT2D eigenvalue weighted by molar-refractivity contribution is -0.139. The van der Waals surface area contributed by atoms with E-state index in [1.807, 2.05) is 67.6 Å². The Morgan fingerprint density at radius 3 is 1.95 bits per heavy atom. The minimum absolute atomic E-state index is 0.0771. The molecule has 0 aromatic heterocycles. The van der Waals surface area contributed by atoms with Crippen LogP contribution in [0.3, 0.4) is 0 Å². The van der Waals surface area contributed by atoms with Gasteiger partial charge in [-0.1, -0.05) is 96.6 Å². The number of nitrogens with one attached hydrogen (secondary N) is 1. The average Bonchev–Trinajstić information content (AvgIpc) is 2.99. The number of hydrogen-bond acceptors (Lipinski definition) is 4. The van der Waals surface area contributed by atoms with Crippen LogP contribution in [0.2, 0.25) is 0 Å². The van der Waals surface area contributed by atoms with E-state index in [1.54, 1.807) is 43.3 Å². The molecule has 1 N–H and O–H groups in total. The highest BCUT2D eigenvalue weighted by Gasteiger charge is 2.34. The first-order chi connectivity index (χ1) is 19.7. The number of anilines is 1. The topological polar surface area (TPSA) is 86.8 Å². The molecule has 0 spiro atoms. The Labute approximate surface area is 242 Å². The van der Waals surface area contributed by atoms with E-state index in [1.165, 1.54) is 24.1 Å². The smallest absolute Gasteiger partial charge is 0.264 e. The number of amides is 2. The van der Waals surface area contributed by atoms with Gasteiger partial charge in [0, 0.05) is 20.0 Å². The summed E-state index contributed by atoms with van der Waals surface area (Å²) in [5.74, 6) is -0.819. The molecular weight excluding hydrogens is 534 g/mol. The van der Waals surface area contributed by atoms with Crippen LogP contribution >= 0.6 is 0 Å². The summed E-state index contributed by atoms with van der Waals surface area (Å²) in [6.07, 6.45) is 0.272. The first kappa shape index (κ1) is 29.6. The van der Waals surface area contributed by atoms with Gasteiger partial charge in [-0.2, -0.15) is 0 Å². The lowest BCUT2D eigenvalue weighted by Crippen LogP contribution is -2.53. The van der Waals surface area contributed by atoms with Crippen molar-refractivity contribution in [1.82, 2.24) is 10.2 Å². The monoisotopic (exact) mass is 569 g/mol. The molecule has 0 bridgehead atoms.